The topological polar surface area (TPSA) is 76.6 Å². The van der Waals surface area contributed by atoms with E-state index in [9.17, 15) is 14.4 Å². The number of benzene rings is 2. The number of carbonyl (C=O) groups excluding carboxylic acids is 3. The van der Waals surface area contributed by atoms with Gasteiger partial charge in [-0.2, -0.15) is 0 Å². The van der Waals surface area contributed by atoms with Crippen LogP contribution in [0.3, 0.4) is 0 Å². The number of hydrogen-bond acceptors (Lipinski definition) is 6. The van der Waals surface area contributed by atoms with Gasteiger partial charge < -0.3 is 4.74 Å². The van der Waals surface area contributed by atoms with Gasteiger partial charge in [0.05, 0.1) is 31.6 Å². The lowest BCUT2D eigenvalue weighted by Gasteiger charge is -2.18. The Kier molecular flexibility index (Phi) is 7.45. The van der Waals surface area contributed by atoms with Crippen LogP contribution in [0, 0.1) is 0 Å². The minimum Gasteiger partial charge on any atom is -0.466 e. The van der Waals surface area contributed by atoms with Crippen LogP contribution in [0.2, 0.25) is 0 Å². The van der Waals surface area contributed by atoms with E-state index >= 15 is 0 Å². The Morgan fingerprint density at radius 3 is 1.90 bits per heavy atom. The molecule has 0 atom stereocenters. The van der Waals surface area contributed by atoms with Crippen molar-refractivity contribution in [2.45, 2.75) is 26.2 Å². The monoisotopic (exact) mass is 422 g/mol. The zero-order chi connectivity index (χ0) is 21.3. The summed E-state index contributed by atoms with van der Waals surface area (Å²) in [5, 5.41) is 1.93. The van der Waals surface area contributed by atoms with E-state index in [2.05, 4.69) is 4.98 Å². The molecule has 1 aromatic heterocycles. The van der Waals surface area contributed by atoms with Gasteiger partial charge in [-0.15, -0.1) is 11.3 Å². The van der Waals surface area contributed by atoms with E-state index in [0.29, 0.717) is 5.69 Å². The van der Waals surface area contributed by atoms with E-state index < -0.39 is 5.97 Å². The molecule has 0 aliphatic carbocycles. The lowest BCUT2D eigenvalue weighted by molar-refractivity contribution is -0.142. The molecule has 6 nitrogen and oxygen atoms in total. The van der Waals surface area contributed by atoms with Gasteiger partial charge in [0.15, 0.2) is 5.13 Å². The molecule has 154 valence electrons. The number of anilines is 1. The van der Waals surface area contributed by atoms with Crippen molar-refractivity contribution in [3.63, 3.8) is 0 Å². The highest BCUT2D eigenvalue weighted by atomic mass is 32.1. The standard InChI is InChI=1S/C23H22N2O4S/c1-2-29-22(28)15-19-16-30-23(24-19)25(20(26)13-17-9-5-3-6-10-17)21(27)14-18-11-7-4-8-12-18/h3-12,16H,2,13-15H2,1H3. The van der Waals surface area contributed by atoms with Crippen molar-refractivity contribution in [3.8, 4) is 0 Å². The quantitative estimate of drug-likeness (QED) is 0.519. The predicted octanol–water partition coefficient (Wildman–Crippen LogP) is 3.59. The highest BCUT2D eigenvalue weighted by Gasteiger charge is 2.27. The molecule has 0 spiro atoms. The maximum Gasteiger partial charge on any atom is 0.311 e. The average Bonchev–Trinajstić information content (AvgIpc) is 3.17. The molecule has 0 N–H and O–H groups in total. The van der Waals surface area contributed by atoms with Crippen molar-refractivity contribution in [2.75, 3.05) is 11.5 Å². The molecule has 2 amide bonds. The number of esters is 1. The van der Waals surface area contributed by atoms with Gasteiger partial charge in [-0.05, 0) is 18.1 Å². The second-order valence-corrected chi connectivity index (χ2v) is 7.39. The minimum atomic E-state index is -0.396. The number of thiazole rings is 1. The van der Waals surface area contributed by atoms with Crippen molar-refractivity contribution in [1.29, 1.82) is 0 Å². The Morgan fingerprint density at radius 2 is 1.40 bits per heavy atom. The second-order valence-electron chi connectivity index (χ2n) is 6.55. The Morgan fingerprint density at radius 1 is 0.867 bits per heavy atom. The van der Waals surface area contributed by atoms with E-state index in [1.807, 2.05) is 60.7 Å². The number of aromatic nitrogens is 1. The lowest BCUT2D eigenvalue weighted by Crippen LogP contribution is -2.39. The van der Waals surface area contributed by atoms with Crippen molar-refractivity contribution in [1.82, 2.24) is 4.98 Å². The first-order valence-corrected chi connectivity index (χ1v) is 10.5. The molecule has 0 saturated carbocycles. The molecule has 0 saturated heterocycles. The summed E-state index contributed by atoms with van der Waals surface area (Å²) < 4.78 is 4.95. The molecule has 0 unspecified atom stereocenters. The molecular weight excluding hydrogens is 400 g/mol. The van der Waals surface area contributed by atoms with Crippen LogP contribution < -0.4 is 4.90 Å². The number of nitrogens with zero attached hydrogens (tertiary/aromatic N) is 2. The van der Waals surface area contributed by atoms with Crippen LogP contribution in [0.15, 0.2) is 66.0 Å². The molecule has 0 radical (unpaired) electrons. The van der Waals surface area contributed by atoms with Crippen molar-refractivity contribution < 1.29 is 19.1 Å². The molecule has 0 fully saturated rings. The summed E-state index contributed by atoms with van der Waals surface area (Å²) in [7, 11) is 0. The van der Waals surface area contributed by atoms with Crippen LogP contribution in [0.4, 0.5) is 5.13 Å². The van der Waals surface area contributed by atoms with Gasteiger partial charge in [0.2, 0.25) is 11.8 Å². The third-order valence-corrected chi connectivity index (χ3v) is 5.13. The zero-order valence-electron chi connectivity index (χ0n) is 16.6. The molecule has 0 aliphatic rings. The first kappa shape index (κ1) is 21.4. The van der Waals surface area contributed by atoms with E-state index in [1.165, 1.54) is 0 Å². The van der Waals surface area contributed by atoms with Gasteiger partial charge in [0.25, 0.3) is 0 Å². The van der Waals surface area contributed by atoms with Crippen LogP contribution in [0.1, 0.15) is 23.7 Å². The maximum atomic E-state index is 13.1. The van der Waals surface area contributed by atoms with Gasteiger partial charge in [-0.1, -0.05) is 60.7 Å². The zero-order valence-corrected chi connectivity index (χ0v) is 17.4. The SMILES string of the molecule is CCOC(=O)Cc1csc(N(C(=O)Cc2ccccc2)C(=O)Cc2ccccc2)n1. The van der Waals surface area contributed by atoms with Gasteiger partial charge >= 0.3 is 5.97 Å². The first-order valence-electron chi connectivity index (χ1n) is 9.60. The van der Waals surface area contributed by atoms with Gasteiger partial charge in [-0.25, -0.2) is 9.88 Å². The first-order chi connectivity index (χ1) is 14.6. The maximum absolute atomic E-state index is 13.1. The molecule has 30 heavy (non-hydrogen) atoms. The number of imide groups is 1. The van der Waals surface area contributed by atoms with Gasteiger partial charge in [0, 0.05) is 5.38 Å². The van der Waals surface area contributed by atoms with Crippen LogP contribution in [0.25, 0.3) is 0 Å². The summed E-state index contributed by atoms with van der Waals surface area (Å²) in [6, 6.07) is 18.5. The molecule has 2 aromatic carbocycles. The minimum absolute atomic E-state index is 0.00205. The van der Waals surface area contributed by atoms with E-state index in [1.54, 1.807) is 12.3 Å². The summed E-state index contributed by atoms with van der Waals surface area (Å²) in [4.78, 5) is 43.3. The molecule has 0 aliphatic heterocycles. The fraction of sp³-hybridized carbons (Fsp3) is 0.217. The van der Waals surface area contributed by atoms with E-state index in [4.69, 9.17) is 4.74 Å². The summed E-state index contributed by atoms with van der Waals surface area (Å²) in [6.07, 6.45) is 0.153. The summed E-state index contributed by atoms with van der Waals surface area (Å²) in [5.41, 5.74) is 2.09. The Balaban J connectivity index is 1.83. The third kappa shape index (κ3) is 5.84. The normalized spacial score (nSPS) is 10.4. The third-order valence-electron chi connectivity index (χ3n) is 4.26. The fourth-order valence-electron chi connectivity index (χ4n) is 2.89. The molecule has 0 bridgehead atoms. The van der Waals surface area contributed by atoms with Crippen LogP contribution >= 0.6 is 11.3 Å². The second kappa shape index (κ2) is 10.5. The Labute approximate surface area is 179 Å². The summed E-state index contributed by atoms with van der Waals surface area (Å²) >= 11 is 1.16. The molecule has 3 aromatic rings. The van der Waals surface area contributed by atoms with Crippen molar-refractivity contribution >= 4 is 34.3 Å². The fourth-order valence-corrected chi connectivity index (χ4v) is 3.75. The van der Waals surface area contributed by atoms with Crippen LogP contribution in [0.5, 0.6) is 0 Å². The molecule has 1 heterocycles. The highest BCUT2D eigenvalue weighted by molar-refractivity contribution is 7.14. The molecular formula is C23H22N2O4S. The van der Waals surface area contributed by atoms with Gasteiger partial charge in [-0.3, -0.25) is 14.4 Å². The smallest absolute Gasteiger partial charge is 0.311 e. The Hall–Kier alpha value is -3.32. The van der Waals surface area contributed by atoms with Crippen LogP contribution in [-0.2, 0) is 38.4 Å². The van der Waals surface area contributed by atoms with Crippen molar-refractivity contribution in [3.05, 3.63) is 82.9 Å². The predicted molar refractivity (Wildman–Crippen MR) is 115 cm³/mol. The lowest BCUT2D eigenvalue weighted by atomic mass is 10.1. The van der Waals surface area contributed by atoms with Gasteiger partial charge in [0.1, 0.15) is 0 Å². The number of amides is 2. The number of rotatable bonds is 8. The molecule has 3 rings (SSSR count). The Bertz CT molecular complexity index is 949. The highest BCUT2D eigenvalue weighted by Crippen LogP contribution is 2.23. The summed E-state index contributed by atoms with van der Waals surface area (Å²) in [6.45, 7) is 2.02. The van der Waals surface area contributed by atoms with Crippen molar-refractivity contribution in [2.24, 2.45) is 0 Å². The average molecular weight is 423 g/mol. The summed E-state index contributed by atoms with van der Waals surface area (Å²) in [5.74, 6) is -1.12. The largest absolute Gasteiger partial charge is 0.466 e. The molecule has 7 heteroatoms. The number of ether oxygens (including phenoxy) is 1. The number of carbonyl (C=O) groups is 3. The van der Waals surface area contributed by atoms with Crippen LogP contribution in [-0.4, -0.2) is 29.4 Å². The van der Waals surface area contributed by atoms with E-state index in [-0.39, 0.29) is 42.8 Å². The van der Waals surface area contributed by atoms with E-state index in [0.717, 1.165) is 27.4 Å². The number of hydrogen-bond donors (Lipinski definition) is 0.